The molecule has 1 aromatic carbocycles. The van der Waals surface area contributed by atoms with Gasteiger partial charge in [-0.05, 0) is 35.4 Å². The molecule has 1 atom stereocenters. The smallest absolute Gasteiger partial charge is 0.240 e. The molecule has 0 amide bonds. The third-order valence-electron chi connectivity index (χ3n) is 3.57. The van der Waals surface area contributed by atoms with Crippen LogP contribution in [0.5, 0.6) is 0 Å². The van der Waals surface area contributed by atoms with Crippen LogP contribution in [0.15, 0.2) is 29.2 Å². The summed E-state index contributed by atoms with van der Waals surface area (Å²) in [5, 5.41) is 9.92. The van der Waals surface area contributed by atoms with E-state index in [0.29, 0.717) is 12.3 Å². The Morgan fingerprint density at radius 3 is 2.10 bits per heavy atom. The second-order valence-electron chi connectivity index (χ2n) is 6.79. The molecule has 1 unspecified atom stereocenters. The third-order valence-corrected chi connectivity index (χ3v) is 5.04. The van der Waals surface area contributed by atoms with Crippen LogP contribution in [-0.4, -0.2) is 26.2 Å². The molecule has 0 aliphatic rings. The van der Waals surface area contributed by atoms with Crippen molar-refractivity contribution in [2.75, 3.05) is 6.54 Å². The number of nitrogens with one attached hydrogen (secondary N) is 1. The Hall–Kier alpha value is -0.910. The van der Waals surface area contributed by atoms with Crippen molar-refractivity contribution < 1.29 is 13.5 Å². The van der Waals surface area contributed by atoms with Crippen LogP contribution in [0.4, 0.5) is 0 Å². The van der Waals surface area contributed by atoms with Crippen molar-refractivity contribution in [3.05, 3.63) is 29.8 Å². The zero-order valence-electron chi connectivity index (χ0n) is 13.6. The maximum Gasteiger partial charge on any atom is 0.240 e. The molecular weight excluding hydrogens is 286 g/mol. The molecule has 2 N–H and O–H groups in total. The summed E-state index contributed by atoms with van der Waals surface area (Å²) in [7, 11) is -3.51. The van der Waals surface area contributed by atoms with E-state index in [1.165, 1.54) is 0 Å². The molecule has 120 valence electrons. The molecule has 0 spiro atoms. The second-order valence-corrected chi connectivity index (χ2v) is 8.56. The van der Waals surface area contributed by atoms with Gasteiger partial charge in [-0.3, -0.25) is 0 Å². The van der Waals surface area contributed by atoms with Crippen molar-refractivity contribution in [2.24, 2.45) is 5.41 Å². The summed E-state index contributed by atoms with van der Waals surface area (Å²) in [5.74, 6) is 0.372. The number of rotatable bonds is 6. The molecule has 5 heteroatoms. The Labute approximate surface area is 128 Å². The van der Waals surface area contributed by atoms with Crippen LogP contribution < -0.4 is 4.72 Å². The van der Waals surface area contributed by atoms with E-state index >= 15 is 0 Å². The quantitative estimate of drug-likeness (QED) is 0.848. The summed E-state index contributed by atoms with van der Waals surface area (Å²) in [6.07, 6.45) is -0.143. The van der Waals surface area contributed by atoms with Crippen LogP contribution in [0, 0.1) is 5.41 Å². The average molecular weight is 313 g/mol. The van der Waals surface area contributed by atoms with Crippen molar-refractivity contribution in [1.29, 1.82) is 0 Å². The molecule has 0 aliphatic carbocycles. The normalized spacial score (nSPS) is 14.4. The Morgan fingerprint density at radius 2 is 1.67 bits per heavy atom. The highest BCUT2D eigenvalue weighted by molar-refractivity contribution is 7.89. The molecular formula is C16H27NO3S. The van der Waals surface area contributed by atoms with E-state index in [4.69, 9.17) is 0 Å². The number of sulfonamides is 1. The van der Waals surface area contributed by atoms with Crippen LogP contribution in [0.25, 0.3) is 0 Å². The first kappa shape index (κ1) is 18.1. The predicted molar refractivity (Wildman–Crippen MR) is 85.8 cm³/mol. The van der Waals surface area contributed by atoms with E-state index in [9.17, 15) is 13.5 Å². The van der Waals surface area contributed by atoms with Crippen molar-refractivity contribution in [1.82, 2.24) is 4.72 Å². The average Bonchev–Trinajstić information content (AvgIpc) is 2.37. The van der Waals surface area contributed by atoms with Gasteiger partial charge in [-0.25, -0.2) is 13.1 Å². The van der Waals surface area contributed by atoms with Gasteiger partial charge in [-0.1, -0.05) is 46.8 Å². The number of aliphatic hydroxyl groups is 1. The fourth-order valence-electron chi connectivity index (χ4n) is 1.88. The van der Waals surface area contributed by atoms with Gasteiger partial charge in [0, 0.05) is 6.54 Å². The van der Waals surface area contributed by atoms with E-state index in [1.54, 1.807) is 12.1 Å². The first-order valence-corrected chi connectivity index (χ1v) is 8.80. The van der Waals surface area contributed by atoms with E-state index in [1.807, 2.05) is 32.9 Å². The van der Waals surface area contributed by atoms with Gasteiger partial charge >= 0.3 is 0 Å². The number of hydrogen-bond donors (Lipinski definition) is 2. The standard InChI is InChI=1S/C16H27NO3S/c1-12(2)13-6-8-14(9-7-13)21(19,20)17-11-10-15(18)16(3,4)5/h6-9,12,15,17-18H,10-11H2,1-5H3. The van der Waals surface area contributed by atoms with Crippen molar-refractivity contribution in [3.8, 4) is 0 Å². The fraction of sp³-hybridized carbons (Fsp3) is 0.625. The molecule has 0 fully saturated rings. The van der Waals surface area contributed by atoms with Gasteiger partial charge in [-0.2, -0.15) is 0 Å². The Kier molecular flexibility index (Phi) is 5.96. The van der Waals surface area contributed by atoms with Crippen LogP contribution in [-0.2, 0) is 10.0 Å². The minimum atomic E-state index is -3.51. The van der Waals surface area contributed by atoms with E-state index in [-0.39, 0.29) is 16.9 Å². The van der Waals surface area contributed by atoms with Gasteiger partial charge in [-0.15, -0.1) is 0 Å². The lowest BCUT2D eigenvalue weighted by molar-refractivity contribution is 0.0571. The molecule has 0 bridgehead atoms. The van der Waals surface area contributed by atoms with Crippen LogP contribution in [0.2, 0.25) is 0 Å². The zero-order valence-corrected chi connectivity index (χ0v) is 14.4. The van der Waals surface area contributed by atoms with Crippen LogP contribution in [0.3, 0.4) is 0 Å². The number of hydrogen-bond acceptors (Lipinski definition) is 3. The van der Waals surface area contributed by atoms with Gasteiger partial charge in [0.1, 0.15) is 0 Å². The van der Waals surface area contributed by atoms with E-state index in [0.717, 1.165) is 5.56 Å². The molecule has 0 aliphatic heterocycles. The monoisotopic (exact) mass is 313 g/mol. The highest BCUT2D eigenvalue weighted by Gasteiger charge is 2.22. The lowest BCUT2D eigenvalue weighted by Crippen LogP contribution is -2.32. The number of aliphatic hydroxyl groups excluding tert-OH is 1. The molecule has 0 radical (unpaired) electrons. The van der Waals surface area contributed by atoms with Crippen molar-refractivity contribution >= 4 is 10.0 Å². The summed E-state index contributed by atoms with van der Waals surface area (Å²) in [6, 6.07) is 6.92. The van der Waals surface area contributed by atoms with Gasteiger partial charge in [0.15, 0.2) is 0 Å². The lowest BCUT2D eigenvalue weighted by atomic mass is 9.87. The summed E-state index contributed by atoms with van der Waals surface area (Å²) >= 11 is 0. The van der Waals surface area contributed by atoms with Gasteiger partial charge in [0.05, 0.1) is 11.0 Å². The molecule has 21 heavy (non-hydrogen) atoms. The third kappa shape index (κ3) is 5.41. The molecule has 4 nitrogen and oxygen atoms in total. The maximum atomic E-state index is 12.2. The predicted octanol–water partition coefficient (Wildman–Crippen LogP) is 2.89. The largest absolute Gasteiger partial charge is 0.393 e. The lowest BCUT2D eigenvalue weighted by Gasteiger charge is -2.25. The maximum absolute atomic E-state index is 12.2. The van der Waals surface area contributed by atoms with Gasteiger partial charge < -0.3 is 5.11 Å². The first-order valence-electron chi connectivity index (χ1n) is 7.32. The molecule has 0 aromatic heterocycles. The molecule has 0 heterocycles. The molecule has 0 saturated heterocycles. The Balaban J connectivity index is 2.65. The van der Waals surface area contributed by atoms with Gasteiger partial charge in [0.2, 0.25) is 10.0 Å². The Morgan fingerprint density at radius 1 is 1.14 bits per heavy atom. The first-order chi connectivity index (χ1) is 9.54. The summed E-state index contributed by atoms with van der Waals surface area (Å²) in [4.78, 5) is 0.261. The molecule has 0 saturated carbocycles. The van der Waals surface area contributed by atoms with Crippen molar-refractivity contribution in [2.45, 2.75) is 58.0 Å². The topological polar surface area (TPSA) is 66.4 Å². The SMILES string of the molecule is CC(C)c1ccc(S(=O)(=O)NCCC(O)C(C)(C)C)cc1. The summed E-state index contributed by atoms with van der Waals surface area (Å²) < 4.78 is 26.8. The van der Waals surface area contributed by atoms with Gasteiger partial charge in [0.25, 0.3) is 0 Å². The minimum absolute atomic E-state index is 0.229. The highest BCUT2D eigenvalue weighted by Crippen LogP contribution is 2.21. The van der Waals surface area contributed by atoms with E-state index in [2.05, 4.69) is 18.6 Å². The molecule has 1 aromatic rings. The summed E-state index contributed by atoms with van der Waals surface area (Å²) in [6.45, 7) is 10.1. The zero-order chi connectivity index (χ0) is 16.3. The van der Waals surface area contributed by atoms with E-state index < -0.39 is 16.1 Å². The summed E-state index contributed by atoms with van der Waals surface area (Å²) in [5.41, 5.74) is 0.863. The highest BCUT2D eigenvalue weighted by atomic mass is 32.2. The van der Waals surface area contributed by atoms with Crippen LogP contribution >= 0.6 is 0 Å². The number of benzene rings is 1. The fourth-order valence-corrected chi connectivity index (χ4v) is 2.93. The van der Waals surface area contributed by atoms with Crippen molar-refractivity contribution in [3.63, 3.8) is 0 Å². The minimum Gasteiger partial charge on any atom is -0.393 e. The van der Waals surface area contributed by atoms with Crippen LogP contribution in [0.1, 0.15) is 52.5 Å². The molecule has 1 rings (SSSR count). The Bertz CT molecular complexity index is 542. The second kappa shape index (κ2) is 6.90.